The summed E-state index contributed by atoms with van der Waals surface area (Å²) in [5.74, 6) is -0.446. The number of imide groups is 1. The van der Waals surface area contributed by atoms with Gasteiger partial charge in [-0.2, -0.15) is 0 Å². The van der Waals surface area contributed by atoms with Crippen molar-refractivity contribution in [3.63, 3.8) is 0 Å². The van der Waals surface area contributed by atoms with Crippen LogP contribution in [0.1, 0.15) is 30.7 Å². The molecule has 0 aromatic heterocycles. The van der Waals surface area contributed by atoms with Gasteiger partial charge in [-0.3, -0.25) is 14.9 Å². The molecule has 0 saturated carbocycles. The van der Waals surface area contributed by atoms with Gasteiger partial charge in [0.1, 0.15) is 0 Å². The second-order valence-electron chi connectivity index (χ2n) is 6.10. The van der Waals surface area contributed by atoms with Crippen LogP contribution in [0, 0.1) is 5.41 Å². The highest BCUT2D eigenvalue weighted by molar-refractivity contribution is 6.02. The normalized spacial score (nSPS) is 26.6. The maximum absolute atomic E-state index is 12.4. The Bertz CT molecular complexity index is 519. The number of nitrogens with zero attached hydrogens (tertiary/aromatic N) is 1. The van der Waals surface area contributed by atoms with E-state index in [1.807, 2.05) is 30.3 Å². The van der Waals surface area contributed by atoms with Crippen molar-refractivity contribution >= 4 is 11.8 Å². The number of benzene rings is 1. The SMILES string of the molecule is CN1CCC2(CC1)CC(=O)NC(=O)C2c1ccccc1. The van der Waals surface area contributed by atoms with Crippen molar-refractivity contribution in [1.29, 1.82) is 0 Å². The maximum atomic E-state index is 12.4. The summed E-state index contributed by atoms with van der Waals surface area (Å²) in [4.78, 5) is 26.5. The standard InChI is InChI=1S/C16H20N2O2/c1-18-9-7-16(8-10-18)11-13(19)17-15(20)14(16)12-5-3-2-4-6-12/h2-6,14H,7-11H2,1H3,(H,17,19,20). The Morgan fingerprint density at radius 2 is 1.80 bits per heavy atom. The number of piperidine rings is 2. The van der Waals surface area contributed by atoms with Crippen LogP contribution in [0.2, 0.25) is 0 Å². The Morgan fingerprint density at radius 1 is 1.15 bits per heavy atom. The third-order valence-corrected chi connectivity index (χ3v) is 4.77. The highest BCUT2D eigenvalue weighted by Gasteiger charge is 2.49. The summed E-state index contributed by atoms with van der Waals surface area (Å²) >= 11 is 0. The Labute approximate surface area is 119 Å². The molecule has 2 saturated heterocycles. The molecule has 2 aliphatic rings. The minimum atomic E-state index is -0.201. The van der Waals surface area contributed by atoms with Gasteiger partial charge in [0.25, 0.3) is 0 Å². The number of rotatable bonds is 1. The van der Waals surface area contributed by atoms with E-state index in [9.17, 15) is 9.59 Å². The van der Waals surface area contributed by atoms with Gasteiger partial charge >= 0.3 is 0 Å². The molecule has 2 aliphatic heterocycles. The smallest absolute Gasteiger partial charge is 0.234 e. The molecule has 4 nitrogen and oxygen atoms in total. The lowest BCUT2D eigenvalue weighted by molar-refractivity contribution is -0.141. The molecular weight excluding hydrogens is 252 g/mol. The van der Waals surface area contributed by atoms with Crippen molar-refractivity contribution in [1.82, 2.24) is 10.2 Å². The summed E-state index contributed by atoms with van der Waals surface area (Å²) in [5.41, 5.74) is 0.829. The number of carbonyl (C=O) groups is 2. The third kappa shape index (κ3) is 2.24. The Hall–Kier alpha value is -1.68. The van der Waals surface area contributed by atoms with E-state index < -0.39 is 0 Å². The molecule has 0 aliphatic carbocycles. The van der Waals surface area contributed by atoms with Crippen molar-refractivity contribution < 1.29 is 9.59 Å². The van der Waals surface area contributed by atoms with Crippen molar-refractivity contribution in [3.05, 3.63) is 35.9 Å². The van der Waals surface area contributed by atoms with Gasteiger partial charge in [-0.25, -0.2) is 0 Å². The van der Waals surface area contributed by atoms with E-state index in [1.54, 1.807) is 0 Å². The predicted molar refractivity (Wildman–Crippen MR) is 76.1 cm³/mol. The molecule has 1 aromatic rings. The molecule has 4 heteroatoms. The van der Waals surface area contributed by atoms with Gasteiger partial charge in [-0.1, -0.05) is 30.3 Å². The summed E-state index contributed by atoms with van der Waals surface area (Å²) in [5, 5.41) is 2.52. The zero-order chi connectivity index (χ0) is 14.2. The predicted octanol–water partition coefficient (Wildman–Crippen LogP) is 1.53. The molecule has 3 rings (SSSR count). The molecule has 0 bridgehead atoms. The van der Waals surface area contributed by atoms with E-state index in [0.29, 0.717) is 6.42 Å². The molecule has 20 heavy (non-hydrogen) atoms. The Morgan fingerprint density at radius 3 is 2.45 bits per heavy atom. The minimum absolute atomic E-state index is 0.119. The fraction of sp³-hybridized carbons (Fsp3) is 0.500. The first-order valence-electron chi connectivity index (χ1n) is 7.18. The van der Waals surface area contributed by atoms with Crippen molar-refractivity contribution in [2.75, 3.05) is 20.1 Å². The fourth-order valence-corrected chi connectivity index (χ4v) is 3.63. The molecule has 1 aromatic carbocycles. The summed E-state index contributed by atoms with van der Waals surface area (Å²) in [6.07, 6.45) is 2.27. The molecule has 106 valence electrons. The van der Waals surface area contributed by atoms with E-state index in [0.717, 1.165) is 31.5 Å². The molecule has 2 amide bonds. The van der Waals surface area contributed by atoms with Gasteiger partial charge < -0.3 is 4.90 Å². The maximum Gasteiger partial charge on any atom is 0.234 e. The van der Waals surface area contributed by atoms with Crippen LogP contribution in [0.15, 0.2) is 30.3 Å². The Balaban J connectivity index is 1.99. The van der Waals surface area contributed by atoms with Gasteiger partial charge in [-0.05, 0) is 44.0 Å². The van der Waals surface area contributed by atoms with Crippen molar-refractivity contribution in [2.45, 2.75) is 25.2 Å². The average molecular weight is 272 g/mol. The van der Waals surface area contributed by atoms with Crippen LogP contribution in [0.5, 0.6) is 0 Å². The highest BCUT2D eigenvalue weighted by Crippen LogP contribution is 2.48. The number of likely N-dealkylation sites (tertiary alicyclic amines) is 1. The molecular formula is C16H20N2O2. The highest BCUT2D eigenvalue weighted by atomic mass is 16.2. The number of hydrogen-bond acceptors (Lipinski definition) is 3. The average Bonchev–Trinajstić information content (AvgIpc) is 2.43. The van der Waals surface area contributed by atoms with Crippen LogP contribution in [0.25, 0.3) is 0 Å². The summed E-state index contributed by atoms with van der Waals surface area (Å²) < 4.78 is 0. The second kappa shape index (κ2) is 5.02. The lowest BCUT2D eigenvalue weighted by Crippen LogP contribution is -2.54. The van der Waals surface area contributed by atoms with Gasteiger partial charge in [0, 0.05) is 6.42 Å². The van der Waals surface area contributed by atoms with E-state index in [-0.39, 0.29) is 23.1 Å². The fourth-order valence-electron chi connectivity index (χ4n) is 3.63. The van der Waals surface area contributed by atoms with Crippen LogP contribution in [-0.2, 0) is 9.59 Å². The summed E-state index contributed by atoms with van der Waals surface area (Å²) in [6.45, 7) is 1.90. The van der Waals surface area contributed by atoms with E-state index >= 15 is 0 Å². The molecule has 2 heterocycles. The lowest BCUT2D eigenvalue weighted by atomic mass is 9.62. The van der Waals surface area contributed by atoms with Crippen LogP contribution in [-0.4, -0.2) is 36.9 Å². The largest absolute Gasteiger partial charge is 0.306 e. The summed E-state index contributed by atoms with van der Waals surface area (Å²) in [7, 11) is 2.09. The van der Waals surface area contributed by atoms with Gasteiger partial charge in [0.05, 0.1) is 5.92 Å². The van der Waals surface area contributed by atoms with Gasteiger partial charge in [0.2, 0.25) is 11.8 Å². The first-order valence-corrected chi connectivity index (χ1v) is 7.18. The molecule has 0 radical (unpaired) electrons. The summed E-state index contributed by atoms with van der Waals surface area (Å²) in [6, 6.07) is 9.88. The lowest BCUT2D eigenvalue weighted by Gasteiger charge is -2.47. The molecule has 1 N–H and O–H groups in total. The monoisotopic (exact) mass is 272 g/mol. The zero-order valence-corrected chi connectivity index (χ0v) is 11.8. The van der Waals surface area contributed by atoms with E-state index in [1.165, 1.54) is 0 Å². The van der Waals surface area contributed by atoms with E-state index in [4.69, 9.17) is 0 Å². The number of amides is 2. The zero-order valence-electron chi connectivity index (χ0n) is 11.8. The van der Waals surface area contributed by atoms with E-state index in [2.05, 4.69) is 17.3 Å². The second-order valence-corrected chi connectivity index (χ2v) is 6.10. The quantitative estimate of drug-likeness (QED) is 0.789. The van der Waals surface area contributed by atoms with Gasteiger partial charge in [-0.15, -0.1) is 0 Å². The van der Waals surface area contributed by atoms with Crippen LogP contribution >= 0.6 is 0 Å². The third-order valence-electron chi connectivity index (χ3n) is 4.77. The van der Waals surface area contributed by atoms with Crippen molar-refractivity contribution in [2.24, 2.45) is 5.41 Å². The first-order chi connectivity index (χ1) is 9.61. The van der Waals surface area contributed by atoms with Gasteiger partial charge in [0.15, 0.2) is 0 Å². The topological polar surface area (TPSA) is 49.4 Å². The molecule has 1 unspecified atom stereocenters. The number of carbonyl (C=O) groups excluding carboxylic acids is 2. The first kappa shape index (κ1) is 13.3. The molecule has 1 atom stereocenters. The van der Waals surface area contributed by atoms with Crippen LogP contribution in [0.3, 0.4) is 0 Å². The van der Waals surface area contributed by atoms with Crippen LogP contribution in [0.4, 0.5) is 0 Å². The molecule has 2 fully saturated rings. The number of hydrogen-bond donors (Lipinski definition) is 1. The van der Waals surface area contributed by atoms with Crippen molar-refractivity contribution in [3.8, 4) is 0 Å². The van der Waals surface area contributed by atoms with Crippen LogP contribution < -0.4 is 5.32 Å². The number of nitrogens with one attached hydrogen (secondary N) is 1. The Kier molecular flexibility index (Phi) is 3.34. The molecule has 1 spiro atoms. The minimum Gasteiger partial charge on any atom is -0.306 e.